The van der Waals surface area contributed by atoms with Gasteiger partial charge in [-0.3, -0.25) is 9.78 Å². The van der Waals surface area contributed by atoms with E-state index >= 15 is 0 Å². The van der Waals surface area contributed by atoms with Crippen LogP contribution in [0.1, 0.15) is 30.7 Å². The highest BCUT2D eigenvalue weighted by Crippen LogP contribution is 2.48. The van der Waals surface area contributed by atoms with E-state index in [1.54, 1.807) is 0 Å². The number of rotatable bonds is 2. The van der Waals surface area contributed by atoms with Gasteiger partial charge in [0.15, 0.2) is 0 Å². The molecule has 0 aromatic carbocycles. The zero-order chi connectivity index (χ0) is 11.9. The lowest BCUT2D eigenvalue weighted by molar-refractivity contribution is -0.143. The second-order valence-corrected chi connectivity index (χ2v) is 4.79. The molecule has 1 saturated carbocycles. The fourth-order valence-electron chi connectivity index (χ4n) is 2.48. The average molecular weight is 232 g/mol. The number of hydrogen-bond acceptors (Lipinski definition) is 4. The van der Waals surface area contributed by atoms with E-state index in [1.165, 1.54) is 7.11 Å². The van der Waals surface area contributed by atoms with E-state index in [9.17, 15) is 4.79 Å². The molecular weight excluding hydrogens is 216 g/mol. The number of nitrogens with zero attached hydrogens (tertiary/aromatic N) is 1. The zero-order valence-corrected chi connectivity index (χ0v) is 9.95. The summed E-state index contributed by atoms with van der Waals surface area (Å²) in [7, 11) is 1.45. The molecule has 1 aromatic heterocycles. The summed E-state index contributed by atoms with van der Waals surface area (Å²) in [6.07, 6.45) is 3.82. The maximum Gasteiger partial charge on any atom is 0.317 e. The van der Waals surface area contributed by atoms with Crippen molar-refractivity contribution < 1.29 is 9.53 Å². The molecule has 1 aromatic rings. The van der Waals surface area contributed by atoms with Crippen LogP contribution in [0.4, 0.5) is 5.69 Å². The number of carbonyl (C=O) groups is 1. The molecule has 1 N–H and O–H groups in total. The molecule has 0 bridgehead atoms. The van der Waals surface area contributed by atoms with Crippen LogP contribution in [0.15, 0.2) is 12.1 Å². The predicted octanol–water partition coefficient (Wildman–Crippen LogP) is 1.64. The molecular formula is C13H16N2O2. The average Bonchev–Trinajstić information content (AvgIpc) is 3.19. The van der Waals surface area contributed by atoms with Crippen molar-refractivity contribution in [1.82, 2.24) is 4.98 Å². The van der Waals surface area contributed by atoms with Gasteiger partial charge >= 0.3 is 5.97 Å². The van der Waals surface area contributed by atoms with Gasteiger partial charge in [0.1, 0.15) is 5.41 Å². The van der Waals surface area contributed by atoms with Gasteiger partial charge in [-0.2, -0.15) is 0 Å². The molecule has 2 aliphatic rings. The Hall–Kier alpha value is -1.58. The maximum absolute atomic E-state index is 11.8. The number of fused-ring (bicyclic) bond motifs is 1. The minimum absolute atomic E-state index is 0.145. The van der Waals surface area contributed by atoms with Gasteiger partial charge in [-0.1, -0.05) is 0 Å². The topological polar surface area (TPSA) is 51.2 Å². The van der Waals surface area contributed by atoms with Gasteiger partial charge in [-0.15, -0.1) is 0 Å². The first-order chi connectivity index (χ1) is 8.26. The van der Waals surface area contributed by atoms with Crippen LogP contribution in [-0.4, -0.2) is 24.6 Å². The van der Waals surface area contributed by atoms with Crippen molar-refractivity contribution in [2.24, 2.45) is 0 Å². The molecule has 2 heterocycles. The third kappa shape index (κ3) is 1.59. The molecule has 1 aliphatic heterocycles. The standard InChI is InChI=1S/C13H16N2O2/c1-17-12(16)13(6-7-13)11-5-4-9-10(15-11)3-2-8-14-9/h4-5,14H,2-3,6-8H2,1H3. The minimum atomic E-state index is -0.443. The third-order valence-electron chi connectivity index (χ3n) is 3.70. The van der Waals surface area contributed by atoms with Crippen LogP contribution in [0.3, 0.4) is 0 Å². The largest absolute Gasteiger partial charge is 0.468 e. The number of aryl methyl sites for hydroxylation is 1. The van der Waals surface area contributed by atoms with Crippen molar-refractivity contribution in [2.75, 3.05) is 19.0 Å². The zero-order valence-electron chi connectivity index (χ0n) is 9.95. The molecule has 17 heavy (non-hydrogen) atoms. The highest BCUT2D eigenvalue weighted by molar-refractivity contribution is 5.86. The summed E-state index contributed by atoms with van der Waals surface area (Å²) < 4.78 is 4.88. The summed E-state index contributed by atoms with van der Waals surface area (Å²) >= 11 is 0. The Balaban J connectivity index is 1.96. The van der Waals surface area contributed by atoms with Crippen LogP contribution in [0, 0.1) is 0 Å². The Morgan fingerprint density at radius 3 is 3.00 bits per heavy atom. The summed E-state index contributed by atoms with van der Waals surface area (Å²) in [6, 6.07) is 4.00. The molecule has 4 heteroatoms. The van der Waals surface area contributed by atoms with E-state index in [-0.39, 0.29) is 5.97 Å². The monoisotopic (exact) mass is 232 g/mol. The van der Waals surface area contributed by atoms with Crippen LogP contribution in [0.25, 0.3) is 0 Å². The van der Waals surface area contributed by atoms with Gasteiger partial charge in [0.25, 0.3) is 0 Å². The fraction of sp³-hybridized carbons (Fsp3) is 0.538. The number of anilines is 1. The highest BCUT2D eigenvalue weighted by atomic mass is 16.5. The molecule has 0 spiro atoms. The Labute approximate surface area is 100 Å². The number of pyridine rings is 1. The number of methoxy groups -OCH3 is 1. The van der Waals surface area contributed by atoms with Crippen molar-refractivity contribution in [3.63, 3.8) is 0 Å². The predicted molar refractivity (Wildman–Crippen MR) is 64.0 cm³/mol. The van der Waals surface area contributed by atoms with Crippen molar-refractivity contribution in [1.29, 1.82) is 0 Å². The molecule has 1 fully saturated rings. The van der Waals surface area contributed by atoms with Gasteiger partial charge in [-0.25, -0.2) is 0 Å². The van der Waals surface area contributed by atoms with Crippen LogP contribution < -0.4 is 5.32 Å². The quantitative estimate of drug-likeness (QED) is 0.788. The van der Waals surface area contributed by atoms with Crippen LogP contribution in [-0.2, 0) is 21.4 Å². The van der Waals surface area contributed by atoms with Crippen LogP contribution >= 0.6 is 0 Å². The number of ether oxygens (including phenoxy) is 1. The van der Waals surface area contributed by atoms with E-state index < -0.39 is 5.41 Å². The van der Waals surface area contributed by atoms with Gasteiger partial charge in [0.2, 0.25) is 0 Å². The van der Waals surface area contributed by atoms with Crippen molar-refractivity contribution in [3.05, 3.63) is 23.5 Å². The van der Waals surface area contributed by atoms with E-state index in [0.29, 0.717) is 0 Å². The lowest BCUT2D eigenvalue weighted by Gasteiger charge is -2.19. The highest BCUT2D eigenvalue weighted by Gasteiger charge is 2.54. The van der Waals surface area contributed by atoms with E-state index in [0.717, 1.165) is 49.3 Å². The maximum atomic E-state index is 11.8. The van der Waals surface area contributed by atoms with Gasteiger partial charge in [0, 0.05) is 6.54 Å². The molecule has 3 rings (SSSR count). The Bertz CT molecular complexity index is 466. The Morgan fingerprint density at radius 2 is 2.29 bits per heavy atom. The second-order valence-electron chi connectivity index (χ2n) is 4.79. The summed E-state index contributed by atoms with van der Waals surface area (Å²) in [5.41, 5.74) is 2.64. The Kier molecular flexibility index (Phi) is 2.31. The van der Waals surface area contributed by atoms with E-state index in [4.69, 9.17) is 4.74 Å². The summed E-state index contributed by atoms with van der Waals surface area (Å²) in [6.45, 7) is 1.01. The summed E-state index contributed by atoms with van der Waals surface area (Å²) in [4.78, 5) is 16.4. The van der Waals surface area contributed by atoms with Crippen molar-refractivity contribution >= 4 is 11.7 Å². The number of aromatic nitrogens is 1. The Morgan fingerprint density at radius 1 is 1.47 bits per heavy atom. The number of carbonyl (C=O) groups excluding carboxylic acids is 1. The van der Waals surface area contributed by atoms with Gasteiger partial charge < -0.3 is 10.1 Å². The normalized spacial score (nSPS) is 20.1. The van der Waals surface area contributed by atoms with Gasteiger partial charge in [-0.05, 0) is 37.8 Å². The summed E-state index contributed by atoms with van der Waals surface area (Å²) in [5.74, 6) is -0.145. The summed E-state index contributed by atoms with van der Waals surface area (Å²) in [5, 5.41) is 3.33. The lowest BCUT2D eigenvalue weighted by Crippen LogP contribution is -2.24. The molecule has 0 radical (unpaired) electrons. The van der Waals surface area contributed by atoms with E-state index in [2.05, 4.69) is 10.3 Å². The molecule has 4 nitrogen and oxygen atoms in total. The van der Waals surface area contributed by atoms with Crippen LogP contribution in [0.5, 0.6) is 0 Å². The molecule has 0 amide bonds. The van der Waals surface area contributed by atoms with Crippen molar-refractivity contribution in [3.8, 4) is 0 Å². The molecule has 90 valence electrons. The smallest absolute Gasteiger partial charge is 0.317 e. The third-order valence-corrected chi connectivity index (χ3v) is 3.70. The molecule has 1 aliphatic carbocycles. The van der Waals surface area contributed by atoms with E-state index in [1.807, 2.05) is 12.1 Å². The molecule has 0 atom stereocenters. The van der Waals surface area contributed by atoms with Gasteiger partial charge in [0.05, 0.1) is 24.2 Å². The first-order valence-electron chi connectivity index (χ1n) is 6.09. The molecule has 0 saturated heterocycles. The van der Waals surface area contributed by atoms with Crippen molar-refractivity contribution in [2.45, 2.75) is 31.1 Å². The lowest BCUT2D eigenvalue weighted by atomic mass is 10.00. The fourth-order valence-corrected chi connectivity index (χ4v) is 2.48. The molecule has 0 unspecified atom stereocenters. The SMILES string of the molecule is COC(=O)C1(c2ccc3c(n2)CCCN3)CC1. The first-order valence-corrected chi connectivity index (χ1v) is 6.09. The minimum Gasteiger partial charge on any atom is -0.468 e. The number of esters is 1. The van der Waals surface area contributed by atoms with Crippen LogP contribution in [0.2, 0.25) is 0 Å². The second kappa shape index (κ2) is 3.72. The first kappa shape index (κ1) is 10.6. The number of hydrogen-bond donors (Lipinski definition) is 1. The number of nitrogens with one attached hydrogen (secondary N) is 1.